The minimum absolute atomic E-state index is 0.0769. The van der Waals surface area contributed by atoms with Crippen LogP contribution in [-0.2, 0) is 11.2 Å². The predicted octanol–water partition coefficient (Wildman–Crippen LogP) is 0.713. The number of nitrogens with zero attached hydrogens (tertiary/aromatic N) is 1. The number of hydrogen-bond donors (Lipinski definition) is 2. The largest absolute Gasteiger partial charge is 0.369 e. The first-order valence-corrected chi connectivity index (χ1v) is 5.33. The molecule has 2 rings (SSSR count). The van der Waals surface area contributed by atoms with Crippen LogP contribution in [0.25, 0.3) is 10.9 Å². The number of aromatic nitrogens is 2. The lowest BCUT2D eigenvalue weighted by molar-refractivity contribution is -0.117. The van der Waals surface area contributed by atoms with E-state index in [2.05, 4.69) is 25.9 Å². The van der Waals surface area contributed by atoms with Crippen molar-refractivity contribution >= 4 is 32.7 Å². The number of hydrogen-bond acceptors (Lipinski definition) is 3. The van der Waals surface area contributed by atoms with Gasteiger partial charge < -0.3 is 10.7 Å². The third-order valence-corrected chi connectivity index (χ3v) is 2.72. The molecule has 5 nitrogen and oxygen atoms in total. The van der Waals surface area contributed by atoms with Crippen molar-refractivity contribution in [2.45, 2.75) is 6.42 Å². The molecule has 0 saturated carbocycles. The van der Waals surface area contributed by atoms with Gasteiger partial charge in [-0.05, 0) is 28.1 Å². The number of nitrogens with one attached hydrogen (secondary N) is 1. The van der Waals surface area contributed by atoms with Gasteiger partial charge >= 0.3 is 0 Å². The Labute approximate surface area is 98.8 Å². The smallest absolute Gasteiger partial charge is 0.258 e. The molecule has 2 aromatic rings. The van der Waals surface area contributed by atoms with Crippen molar-refractivity contribution < 1.29 is 4.79 Å². The zero-order valence-corrected chi connectivity index (χ0v) is 9.74. The van der Waals surface area contributed by atoms with Crippen LogP contribution in [0.3, 0.4) is 0 Å². The lowest BCUT2D eigenvalue weighted by atomic mass is 10.2. The third kappa shape index (κ3) is 1.96. The van der Waals surface area contributed by atoms with E-state index in [-0.39, 0.29) is 17.8 Å². The Bertz CT molecular complexity index is 621. The molecule has 6 heteroatoms. The van der Waals surface area contributed by atoms with Crippen molar-refractivity contribution in [2.24, 2.45) is 5.73 Å². The van der Waals surface area contributed by atoms with E-state index in [1.807, 2.05) is 0 Å². The molecule has 1 aromatic heterocycles. The van der Waals surface area contributed by atoms with Gasteiger partial charge in [0.15, 0.2) is 0 Å². The van der Waals surface area contributed by atoms with Crippen molar-refractivity contribution in [3.8, 4) is 0 Å². The van der Waals surface area contributed by atoms with Crippen molar-refractivity contribution in [1.82, 2.24) is 9.97 Å². The number of fused-ring (bicyclic) bond motifs is 1. The van der Waals surface area contributed by atoms with Crippen LogP contribution < -0.4 is 11.3 Å². The van der Waals surface area contributed by atoms with E-state index < -0.39 is 5.91 Å². The molecule has 0 bridgehead atoms. The Morgan fingerprint density at radius 2 is 2.25 bits per heavy atom. The average molecular weight is 282 g/mol. The van der Waals surface area contributed by atoms with Crippen molar-refractivity contribution in [3.63, 3.8) is 0 Å². The van der Waals surface area contributed by atoms with Crippen LogP contribution in [0.5, 0.6) is 0 Å². The van der Waals surface area contributed by atoms with E-state index >= 15 is 0 Å². The van der Waals surface area contributed by atoms with E-state index in [4.69, 9.17) is 5.73 Å². The highest BCUT2D eigenvalue weighted by Crippen LogP contribution is 2.18. The standard InChI is InChI=1S/C10H8BrN3O2/c11-6-3-1-2-5-9(6)13-8(4-7(12)15)14-10(5)16/h1-3H,4H2,(H2,12,15)(H,13,14,16). The topological polar surface area (TPSA) is 88.8 Å². The van der Waals surface area contributed by atoms with Gasteiger partial charge in [0.25, 0.3) is 5.56 Å². The summed E-state index contributed by atoms with van der Waals surface area (Å²) in [7, 11) is 0. The van der Waals surface area contributed by atoms with Crippen molar-refractivity contribution in [2.75, 3.05) is 0 Å². The summed E-state index contributed by atoms with van der Waals surface area (Å²) in [4.78, 5) is 29.1. The maximum atomic E-state index is 11.7. The van der Waals surface area contributed by atoms with Gasteiger partial charge in [-0.3, -0.25) is 9.59 Å². The summed E-state index contributed by atoms with van der Waals surface area (Å²) in [6.45, 7) is 0. The fourth-order valence-corrected chi connectivity index (χ4v) is 1.88. The minimum atomic E-state index is -0.533. The van der Waals surface area contributed by atoms with Crippen LogP contribution in [0.2, 0.25) is 0 Å². The molecule has 0 saturated heterocycles. The Kier molecular flexibility index (Phi) is 2.74. The normalized spacial score (nSPS) is 10.6. The maximum Gasteiger partial charge on any atom is 0.258 e. The van der Waals surface area contributed by atoms with E-state index in [0.717, 1.165) is 0 Å². The molecule has 82 valence electrons. The molecule has 3 N–H and O–H groups in total. The molecule has 1 amide bonds. The molecule has 0 aliphatic rings. The molecule has 1 heterocycles. The molecular weight excluding hydrogens is 274 g/mol. The average Bonchev–Trinajstić information content (AvgIpc) is 2.19. The maximum absolute atomic E-state index is 11.7. The van der Waals surface area contributed by atoms with Gasteiger partial charge in [-0.2, -0.15) is 0 Å². The van der Waals surface area contributed by atoms with Crippen LogP contribution in [0.15, 0.2) is 27.5 Å². The van der Waals surface area contributed by atoms with Gasteiger partial charge in [0, 0.05) is 4.47 Å². The Morgan fingerprint density at radius 1 is 1.50 bits per heavy atom. The number of aromatic amines is 1. The molecule has 0 spiro atoms. The van der Waals surface area contributed by atoms with E-state index in [9.17, 15) is 9.59 Å². The van der Waals surface area contributed by atoms with Gasteiger partial charge in [-0.15, -0.1) is 0 Å². The first-order valence-electron chi connectivity index (χ1n) is 4.53. The lowest BCUT2D eigenvalue weighted by Crippen LogP contribution is -2.19. The molecule has 0 radical (unpaired) electrons. The third-order valence-electron chi connectivity index (χ3n) is 2.08. The number of primary amides is 1. The number of nitrogens with two attached hydrogens (primary N) is 1. The minimum Gasteiger partial charge on any atom is -0.369 e. The van der Waals surface area contributed by atoms with Gasteiger partial charge in [-0.1, -0.05) is 6.07 Å². The molecule has 0 unspecified atom stereocenters. The monoisotopic (exact) mass is 281 g/mol. The summed E-state index contributed by atoms with van der Waals surface area (Å²) >= 11 is 3.30. The van der Waals surface area contributed by atoms with Crippen molar-refractivity contribution in [3.05, 3.63) is 38.9 Å². The number of halogens is 1. The molecule has 16 heavy (non-hydrogen) atoms. The number of amides is 1. The van der Waals surface area contributed by atoms with E-state index in [1.54, 1.807) is 18.2 Å². The number of benzene rings is 1. The fourth-order valence-electron chi connectivity index (χ4n) is 1.42. The number of H-pyrrole nitrogens is 1. The van der Waals surface area contributed by atoms with Crippen LogP contribution in [0.1, 0.15) is 5.82 Å². The fraction of sp³-hybridized carbons (Fsp3) is 0.100. The number of rotatable bonds is 2. The lowest BCUT2D eigenvalue weighted by Gasteiger charge is -2.02. The molecule has 0 atom stereocenters. The molecular formula is C10H8BrN3O2. The second-order valence-electron chi connectivity index (χ2n) is 3.29. The summed E-state index contributed by atoms with van der Waals surface area (Å²) in [6, 6.07) is 5.19. The second-order valence-corrected chi connectivity index (χ2v) is 4.15. The van der Waals surface area contributed by atoms with Crippen LogP contribution in [-0.4, -0.2) is 15.9 Å². The predicted molar refractivity (Wildman–Crippen MR) is 63.0 cm³/mol. The van der Waals surface area contributed by atoms with Crippen LogP contribution in [0, 0.1) is 0 Å². The van der Waals surface area contributed by atoms with Gasteiger partial charge in [-0.25, -0.2) is 4.98 Å². The highest BCUT2D eigenvalue weighted by molar-refractivity contribution is 9.10. The van der Waals surface area contributed by atoms with Crippen LogP contribution in [0.4, 0.5) is 0 Å². The number of carbonyl (C=O) groups excluding carboxylic acids is 1. The Hall–Kier alpha value is -1.69. The zero-order valence-electron chi connectivity index (χ0n) is 8.16. The molecule has 0 aliphatic carbocycles. The Balaban J connectivity index is 2.70. The zero-order chi connectivity index (χ0) is 11.7. The highest BCUT2D eigenvalue weighted by atomic mass is 79.9. The summed E-state index contributed by atoms with van der Waals surface area (Å²) in [5.74, 6) is -0.258. The number of para-hydroxylation sites is 1. The second kappa shape index (κ2) is 4.05. The summed E-state index contributed by atoms with van der Waals surface area (Å²) in [6.07, 6.45) is -0.0769. The van der Waals surface area contributed by atoms with Gasteiger partial charge in [0.1, 0.15) is 5.82 Å². The van der Waals surface area contributed by atoms with Gasteiger partial charge in [0.2, 0.25) is 5.91 Å². The van der Waals surface area contributed by atoms with Crippen molar-refractivity contribution in [1.29, 1.82) is 0 Å². The summed E-state index contributed by atoms with van der Waals surface area (Å²) in [5, 5.41) is 0.475. The summed E-state index contributed by atoms with van der Waals surface area (Å²) in [5.41, 5.74) is 5.30. The first-order chi connectivity index (χ1) is 7.58. The Morgan fingerprint density at radius 3 is 2.94 bits per heavy atom. The quantitative estimate of drug-likeness (QED) is 0.850. The van der Waals surface area contributed by atoms with E-state index in [1.165, 1.54) is 0 Å². The highest BCUT2D eigenvalue weighted by Gasteiger charge is 2.07. The molecule has 1 aromatic carbocycles. The first kappa shape index (κ1) is 10.8. The van der Waals surface area contributed by atoms with E-state index in [0.29, 0.717) is 15.4 Å². The molecule has 0 aliphatic heterocycles. The number of carbonyl (C=O) groups is 1. The molecule has 0 fully saturated rings. The summed E-state index contributed by atoms with van der Waals surface area (Å²) < 4.78 is 0.710. The van der Waals surface area contributed by atoms with Gasteiger partial charge in [0.05, 0.1) is 17.3 Å². The van der Waals surface area contributed by atoms with Crippen LogP contribution >= 0.6 is 15.9 Å². The SMILES string of the molecule is NC(=O)Cc1nc2c(Br)cccc2c(=O)[nH]1.